The molecule has 0 saturated heterocycles. The van der Waals surface area contributed by atoms with E-state index in [1.807, 2.05) is 0 Å². The molecule has 0 aliphatic rings. The van der Waals surface area contributed by atoms with Crippen LogP contribution in [0, 0.1) is 0 Å². The van der Waals surface area contributed by atoms with Gasteiger partial charge in [0.25, 0.3) is 0 Å². The molecule has 0 aliphatic carbocycles. The smallest absolute Gasteiger partial charge is 0.0223 e. The maximum Gasteiger partial charge on any atom is 0.0223 e. The zero-order valence-corrected chi connectivity index (χ0v) is 9.34. The Morgan fingerprint density at radius 1 is 0.750 bits per heavy atom. The molecule has 0 spiro atoms. The highest BCUT2D eigenvalue weighted by Gasteiger charge is 1.78. The first-order valence-corrected chi connectivity index (χ1v) is 3.10. The van der Waals surface area contributed by atoms with E-state index in [1.54, 1.807) is 0 Å². The minimum atomic E-state index is 0. The fraction of sp³-hybridized carbons (Fsp3) is 1.00. The molecule has 0 bridgehead atoms. The third-order valence-electron chi connectivity index (χ3n) is 0.517. The summed E-state index contributed by atoms with van der Waals surface area (Å²) < 4.78 is 0. The number of halogens is 4. The van der Waals surface area contributed by atoms with Crippen LogP contribution in [0.5, 0.6) is 0 Å². The molecule has 54 valence electrons. The van der Waals surface area contributed by atoms with Crippen LogP contribution >= 0.6 is 57.2 Å². The molecule has 0 heterocycles. The van der Waals surface area contributed by atoms with Crippen LogP contribution in [-0.2, 0) is 0 Å². The van der Waals surface area contributed by atoms with Gasteiger partial charge in [0, 0.05) is 11.8 Å². The van der Waals surface area contributed by atoms with Gasteiger partial charge < -0.3 is 0 Å². The summed E-state index contributed by atoms with van der Waals surface area (Å²) in [7, 11) is 0. The van der Waals surface area contributed by atoms with Crippen molar-refractivity contribution < 1.29 is 0 Å². The first-order chi connectivity index (χ1) is 2.91. The second kappa shape index (κ2) is 15.8. The zero-order chi connectivity index (χ0) is 4.83. The molecular weight excluding hydrogens is 279 g/mol. The van der Waals surface area contributed by atoms with Gasteiger partial charge >= 0.3 is 0 Å². The highest BCUT2D eigenvalue weighted by molar-refractivity contribution is 8.93. The lowest BCUT2D eigenvalue weighted by molar-refractivity contribution is 0.899. The van der Waals surface area contributed by atoms with Gasteiger partial charge in [0.05, 0.1) is 0 Å². The molecule has 0 rings (SSSR count). The summed E-state index contributed by atoms with van der Waals surface area (Å²) in [6, 6.07) is 0. The maximum atomic E-state index is 5.32. The fourth-order valence-electron chi connectivity index (χ4n) is 0.189. The molecule has 0 aliphatic heterocycles. The molecule has 0 aromatic rings. The molecule has 0 amide bonds. The van der Waals surface area contributed by atoms with Crippen molar-refractivity contribution in [2.75, 3.05) is 11.8 Å². The summed E-state index contributed by atoms with van der Waals surface area (Å²) in [4.78, 5) is 0. The Morgan fingerprint density at radius 3 is 1.12 bits per heavy atom. The summed E-state index contributed by atoms with van der Waals surface area (Å²) in [5.74, 6) is 1.49. The average molecular weight is 289 g/mol. The normalized spacial score (nSPS) is 6.75. The van der Waals surface area contributed by atoms with Crippen LogP contribution in [0.3, 0.4) is 0 Å². The lowest BCUT2D eigenvalue weighted by Gasteiger charge is -1.83. The minimum Gasteiger partial charge on any atom is -0.127 e. The second-order valence-electron chi connectivity index (χ2n) is 1.09. The topological polar surface area (TPSA) is 0 Å². The van der Waals surface area contributed by atoms with Crippen molar-refractivity contribution in [3.8, 4) is 0 Å². The van der Waals surface area contributed by atoms with Crippen LogP contribution in [-0.4, -0.2) is 11.8 Å². The van der Waals surface area contributed by atoms with Crippen molar-refractivity contribution in [1.82, 2.24) is 0 Å². The summed E-state index contributed by atoms with van der Waals surface area (Å²) in [5, 5.41) is 0. The molecule has 0 N–H and O–H groups in total. The molecule has 0 aromatic carbocycles. The predicted molar refractivity (Wildman–Crippen MR) is 51.3 cm³/mol. The fourth-order valence-corrected chi connectivity index (χ4v) is 0.567. The quantitative estimate of drug-likeness (QED) is 0.552. The Bertz CT molecular complexity index is 24.0. The first-order valence-electron chi connectivity index (χ1n) is 2.03. The van der Waals surface area contributed by atoms with Gasteiger partial charge in [-0.3, -0.25) is 0 Å². The van der Waals surface area contributed by atoms with Gasteiger partial charge in [0.1, 0.15) is 0 Å². The maximum absolute atomic E-state index is 5.32. The van der Waals surface area contributed by atoms with E-state index in [9.17, 15) is 0 Å². The van der Waals surface area contributed by atoms with Gasteiger partial charge in [0.2, 0.25) is 0 Å². The minimum absolute atomic E-state index is 0. The van der Waals surface area contributed by atoms with Crippen LogP contribution in [0.1, 0.15) is 12.8 Å². The zero-order valence-electron chi connectivity index (χ0n) is 4.40. The van der Waals surface area contributed by atoms with Gasteiger partial charge in [-0.15, -0.1) is 57.2 Å². The van der Waals surface area contributed by atoms with E-state index in [-0.39, 0.29) is 34.0 Å². The lowest BCUT2D eigenvalue weighted by Crippen LogP contribution is -1.74. The second-order valence-corrected chi connectivity index (χ2v) is 1.84. The third kappa shape index (κ3) is 15.6. The summed E-state index contributed by atoms with van der Waals surface area (Å²) in [5.41, 5.74) is 0. The molecular formula is C4H10Br2Cl2. The van der Waals surface area contributed by atoms with Gasteiger partial charge in [-0.05, 0) is 12.8 Å². The van der Waals surface area contributed by atoms with Crippen molar-refractivity contribution in [2.45, 2.75) is 12.8 Å². The molecule has 0 nitrogen and oxygen atoms in total. The number of rotatable bonds is 3. The lowest BCUT2D eigenvalue weighted by atomic mass is 10.4. The van der Waals surface area contributed by atoms with Gasteiger partial charge in [-0.2, -0.15) is 0 Å². The largest absolute Gasteiger partial charge is 0.127 e. The molecule has 0 saturated carbocycles. The molecule has 4 heteroatoms. The Hall–Kier alpha value is 1.54. The van der Waals surface area contributed by atoms with Gasteiger partial charge in [-0.1, -0.05) is 0 Å². The summed E-state index contributed by atoms with van der Waals surface area (Å²) in [6.45, 7) is 0. The Morgan fingerprint density at radius 2 is 1.00 bits per heavy atom. The highest BCUT2D eigenvalue weighted by Crippen LogP contribution is 1.92. The average Bonchev–Trinajstić information content (AvgIpc) is 1.61. The number of hydrogen-bond donors (Lipinski definition) is 0. The van der Waals surface area contributed by atoms with E-state index < -0.39 is 0 Å². The van der Waals surface area contributed by atoms with E-state index in [4.69, 9.17) is 23.2 Å². The van der Waals surface area contributed by atoms with Crippen LogP contribution in [0.15, 0.2) is 0 Å². The highest BCUT2D eigenvalue weighted by atomic mass is 79.9. The molecule has 0 unspecified atom stereocenters. The van der Waals surface area contributed by atoms with Crippen LogP contribution in [0.25, 0.3) is 0 Å². The Balaban J connectivity index is -0.000000125. The molecule has 0 atom stereocenters. The summed E-state index contributed by atoms with van der Waals surface area (Å²) in [6.07, 6.45) is 2.09. The van der Waals surface area contributed by atoms with Crippen LogP contribution in [0.4, 0.5) is 0 Å². The van der Waals surface area contributed by atoms with E-state index in [0.29, 0.717) is 0 Å². The SMILES string of the molecule is Br.Br.ClCCCCCl. The predicted octanol–water partition coefficient (Wildman–Crippen LogP) is 3.40. The van der Waals surface area contributed by atoms with Crippen molar-refractivity contribution >= 4 is 57.2 Å². The van der Waals surface area contributed by atoms with E-state index in [1.165, 1.54) is 0 Å². The van der Waals surface area contributed by atoms with E-state index in [0.717, 1.165) is 24.6 Å². The third-order valence-corrected chi connectivity index (χ3v) is 1.05. The standard InChI is InChI=1S/C4H8Cl2.2BrH/c5-3-1-2-4-6;;/h1-4H2;2*1H. The number of hydrogen-bond acceptors (Lipinski definition) is 0. The number of unbranched alkanes of at least 4 members (excludes halogenated alkanes) is 1. The van der Waals surface area contributed by atoms with Crippen molar-refractivity contribution in [1.29, 1.82) is 0 Å². The van der Waals surface area contributed by atoms with E-state index >= 15 is 0 Å². The molecule has 0 fully saturated rings. The molecule has 8 heavy (non-hydrogen) atoms. The van der Waals surface area contributed by atoms with Crippen molar-refractivity contribution in [3.63, 3.8) is 0 Å². The van der Waals surface area contributed by atoms with Crippen molar-refractivity contribution in [2.24, 2.45) is 0 Å². The van der Waals surface area contributed by atoms with Crippen LogP contribution < -0.4 is 0 Å². The Labute approximate surface area is 81.5 Å². The first kappa shape index (κ1) is 16.3. The molecule has 0 radical (unpaired) electrons. The number of alkyl halides is 2. The Kier molecular flexibility index (Phi) is 32.2. The van der Waals surface area contributed by atoms with E-state index in [2.05, 4.69) is 0 Å². The molecule has 0 aromatic heterocycles. The monoisotopic (exact) mass is 286 g/mol. The van der Waals surface area contributed by atoms with Gasteiger partial charge in [-0.25, -0.2) is 0 Å². The van der Waals surface area contributed by atoms with Crippen molar-refractivity contribution in [3.05, 3.63) is 0 Å². The van der Waals surface area contributed by atoms with Gasteiger partial charge in [0.15, 0.2) is 0 Å². The summed E-state index contributed by atoms with van der Waals surface area (Å²) >= 11 is 10.6. The van der Waals surface area contributed by atoms with Crippen LogP contribution in [0.2, 0.25) is 0 Å².